The first-order chi connectivity index (χ1) is 11.7. The van der Waals surface area contributed by atoms with E-state index in [4.69, 9.17) is 11.6 Å². The maximum Gasteiger partial charge on any atom is 0.405 e. The van der Waals surface area contributed by atoms with Crippen LogP contribution in [0.15, 0.2) is 48.5 Å². The smallest absolute Gasteiger partial charge is 0.347 e. The van der Waals surface area contributed by atoms with Crippen LogP contribution in [0.4, 0.5) is 18.9 Å². The fourth-order valence-electron chi connectivity index (χ4n) is 1.96. The second-order valence-corrected chi connectivity index (χ2v) is 5.66. The van der Waals surface area contributed by atoms with Gasteiger partial charge >= 0.3 is 6.18 Å². The molecule has 132 valence electrons. The van der Waals surface area contributed by atoms with Crippen molar-refractivity contribution >= 4 is 29.1 Å². The van der Waals surface area contributed by atoms with E-state index in [2.05, 4.69) is 5.32 Å². The molecule has 0 aliphatic rings. The number of hydrogen-bond acceptors (Lipinski definition) is 2. The van der Waals surface area contributed by atoms with Gasteiger partial charge in [-0.15, -0.1) is 0 Å². The van der Waals surface area contributed by atoms with E-state index in [1.54, 1.807) is 53.8 Å². The lowest BCUT2D eigenvalue weighted by Crippen LogP contribution is -2.34. The number of nitrogens with one attached hydrogen (secondary N) is 2. The van der Waals surface area contributed by atoms with Gasteiger partial charge < -0.3 is 10.6 Å². The highest BCUT2D eigenvalue weighted by atomic mass is 35.5. The molecule has 2 N–H and O–H groups in total. The Morgan fingerprint density at radius 2 is 1.56 bits per heavy atom. The van der Waals surface area contributed by atoms with E-state index in [0.717, 1.165) is 0 Å². The van der Waals surface area contributed by atoms with Crippen molar-refractivity contribution < 1.29 is 22.8 Å². The van der Waals surface area contributed by atoms with E-state index in [-0.39, 0.29) is 12.3 Å². The maximum atomic E-state index is 12.0. The van der Waals surface area contributed by atoms with Crippen molar-refractivity contribution in [3.8, 4) is 0 Å². The molecule has 8 heteroatoms. The Balaban J connectivity index is 1.90. The Labute approximate surface area is 147 Å². The van der Waals surface area contributed by atoms with Gasteiger partial charge in [-0.25, -0.2) is 0 Å². The molecule has 0 aliphatic carbocycles. The molecule has 2 aromatic rings. The van der Waals surface area contributed by atoms with Crippen LogP contribution in [0.1, 0.15) is 15.9 Å². The highest BCUT2D eigenvalue weighted by molar-refractivity contribution is 6.30. The van der Waals surface area contributed by atoms with Crippen LogP contribution in [-0.4, -0.2) is 24.5 Å². The van der Waals surface area contributed by atoms with Crippen LogP contribution in [-0.2, 0) is 11.2 Å². The van der Waals surface area contributed by atoms with Crippen LogP contribution < -0.4 is 10.6 Å². The largest absolute Gasteiger partial charge is 0.405 e. The van der Waals surface area contributed by atoms with E-state index in [1.165, 1.54) is 0 Å². The number of hydrogen-bond donors (Lipinski definition) is 2. The highest BCUT2D eigenvalue weighted by Crippen LogP contribution is 2.15. The maximum absolute atomic E-state index is 12.0. The first-order valence-corrected chi connectivity index (χ1v) is 7.60. The summed E-state index contributed by atoms with van der Waals surface area (Å²) in [5.74, 6) is -1.05. The molecule has 0 bridgehead atoms. The number of amides is 2. The number of rotatable bonds is 5. The predicted octanol–water partition coefficient (Wildman–Crippen LogP) is 3.81. The van der Waals surface area contributed by atoms with E-state index in [1.807, 2.05) is 0 Å². The minimum absolute atomic E-state index is 0.179. The molecule has 0 aliphatic heterocycles. The van der Waals surface area contributed by atoms with Crippen LogP contribution in [0.2, 0.25) is 5.02 Å². The molecule has 4 nitrogen and oxygen atoms in total. The second kappa shape index (κ2) is 8.02. The van der Waals surface area contributed by atoms with Crippen molar-refractivity contribution in [1.29, 1.82) is 0 Å². The fourth-order valence-corrected chi connectivity index (χ4v) is 2.08. The number of alkyl halides is 3. The average molecular weight is 371 g/mol. The Bertz CT molecular complexity index is 744. The molecular formula is C17H14ClF3N2O2. The van der Waals surface area contributed by atoms with Crippen molar-refractivity contribution in [2.75, 3.05) is 11.9 Å². The standard InChI is InChI=1S/C17H14ClF3N2O2/c18-13-5-3-12(4-6-13)16(25)23-14-7-1-11(2-8-14)9-15(24)22-10-17(19,20)21/h1-8H,9-10H2,(H,22,24)(H,23,25). The molecule has 0 atom stereocenters. The van der Waals surface area contributed by atoms with Gasteiger partial charge in [-0.3, -0.25) is 9.59 Å². The summed E-state index contributed by atoms with van der Waals surface area (Å²) >= 11 is 5.76. The van der Waals surface area contributed by atoms with E-state index in [9.17, 15) is 22.8 Å². The monoisotopic (exact) mass is 370 g/mol. The average Bonchev–Trinajstić information content (AvgIpc) is 2.55. The van der Waals surface area contributed by atoms with Crippen molar-refractivity contribution in [3.63, 3.8) is 0 Å². The zero-order chi connectivity index (χ0) is 18.4. The van der Waals surface area contributed by atoms with Gasteiger partial charge in [-0.05, 0) is 42.0 Å². The van der Waals surface area contributed by atoms with E-state index in [0.29, 0.717) is 21.8 Å². The van der Waals surface area contributed by atoms with Gasteiger partial charge in [0.15, 0.2) is 0 Å². The Morgan fingerprint density at radius 1 is 0.960 bits per heavy atom. The first-order valence-electron chi connectivity index (χ1n) is 7.22. The van der Waals surface area contributed by atoms with Crippen LogP contribution >= 0.6 is 11.6 Å². The van der Waals surface area contributed by atoms with Crippen molar-refractivity contribution in [3.05, 3.63) is 64.7 Å². The summed E-state index contributed by atoms with van der Waals surface area (Å²) in [4.78, 5) is 23.5. The molecule has 0 heterocycles. The van der Waals surface area contributed by atoms with Gasteiger partial charge in [0.05, 0.1) is 6.42 Å². The topological polar surface area (TPSA) is 58.2 Å². The second-order valence-electron chi connectivity index (χ2n) is 5.23. The highest BCUT2D eigenvalue weighted by Gasteiger charge is 2.27. The van der Waals surface area contributed by atoms with Crippen molar-refractivity contribution in [1.82, 2.24) is 5.32 Å². The molecular weight excluding hydrogens is 357 g/mol. The quantitative estimate of drug-likeness (QED) is 0.840. The number of halogens is 4. The summed E-state index contributed by atoms with van der Waals surface area (Å²) in [7, 11) is 0. The van der Waals surface area contributed by atoms with Gasteiger partial charge in [0.1, 0.15) is 6.54 Å². The van der Waals surface area contributed by atoms with Crippen molar-refractivity contribution in [2.45, 2.75) is 12.6 Å². The van der Waals surface area contributed by atoms with Crippen LogP contribution in [0.5, 0.6) is 0 Å². The number of benzene rings is 2. The number of anilines is 1. The molecule has 0 radical (unpaired) electrons. The van der Waals surface area contributed by atoms with Crippen LogP contribution in [0.3, 0.4) is 0 Å². The molecule has 0 aromatic heterocycles. The van der Waals surface area contributed by atoms with Gasteiger partial charge in [0, 0.05) is 16.3 Å². The van der Waals surface area contributed by atoms with Crippen LogP contribution in [0, 0.1) is 0 Å². The minimum atomic E-state index is -4.44. The van der Waals surface area contributed by atoms with Gasteiger partial charge in [-0.2, -0.15) is 13.2 Å². The Morgan fingerprint density at radius 3 is 2.12 bits per heavy atom. The summed E-state index contributed by atoms with van der Waals surface area (Å²) in [5, 5.41) is 4.99. The minimum Gasteiger partial charge on any atom is -0.347 e. The molecule has 0 saturated carbocycles. The number of carbonyl (C=O) groups is 2. The summed E-state index contributed by atoms with van der Waals surface area (Å²) in [6.45, 7) is -1.36. The Kier molecular flexibility index (Phi) is 6.03. The molecule has 25 heavy (non-hydrogen) atoms. The SMILES string of the molecule is O=C(Cc1ccc(NC(=O)c2ccc(Cl)cc2)cc1)NCC(F)(F)F. The third-order valence-electron chi connectivity index (χ3n) is 3.17. The third kappa shape index (κ3) is 6.46. The first kappa shape index (κ1) is 18.8. The lowest BCUT2D eigenvalue weighted by molar-refractivity contribution is -0.138. The lowest BCUT2D eigenvalue weighted by atomic mass is 10.1. The van der Waals surface area contributed by atoms with Crippen molar-refractivity contribution in [2.24, 2.45) is 0 Å². The van der Waals surface area contributed by atoms with E-state index < -0.39 is 18.6 Å². The zero-order valence-corrected chi connectivity index (χ0v) is 13.6. The predicted molar refractivity (Wildman–Crippen MR) is 88.6 cm³/mol. The summed E-state index contributed by atoms with van der Waals surface area (Å²) < 4.78 is 36.1. The fraction of sp³-hybridized carbons (Fsp3) is 0.176. The zero-order valence-electron chi connectivity index (χ0n) is 12.9. The van der Waals surface area contributed by atoms with Gasteiger partial charge in [0.2, 0.25) is 5.91 Å². The normalized spacial score (nSPS) is 11.0. The summed E-state index contributed by atoms with van der Waals surface area (Å²) in [6, 6.07) is 12.6. The summed E-state index contributed by atoms with van der Waals surface area (Å²) in [5.41, 5.74) is 1.46. The molecule has 0 fully saturated rings. The molecule has 2 amide bonds. The van der Waals surface area contributed by atoms with Gasteiger partial charge in [0.25, 0.3) is 5.91 Å². The summed E-state index contributed by atoms with van der Waals surface area (Å²) in [6.07, 6.45) is -4.62. The Hall–Kier alpha value is -2.54. The van der Waals surface area contributed by atoms with E-state index >= 15 is 0 Å². The number of carbonyl (C=O) groups excluding carboxylic acids is 2. The molecule has 0 unspecified atom stereocenters. The van der Waals surface area contributed by atoms with Crippen LogP contribution in [0.25, 0.3) is 0 Å². The molecule has 2 rings (SSSR count). The lowest BCUT2D eigenvalue weighted by Gasteiger charge is -2.09. The molecule has 0 saturated heterocycles. The third-order valence-corrected chi connectivity index (χ3v) is 3.42. The molecule has 0 spiro atoms. The molecule has 2 aromatic carbocycles. The van der Waals surface area contributed by atoms with Gasteiger partial charge in [-0.1, -0.05) is 23.7 Å².